The van der Waals surface area contributed by atoms with Crippen molar-refractivity contribution < 1.29 is 42.1 Å². The number of benzene rings is 1. The van der Waals surface area contributed by atoms with Crippen LogP contribution in [-0.2, 0) is 15.7 Å². The van der Waals surface area contributed by atoms with E-state index < -0.39 is 61.7 Å². The summed E-state index contributed by atoms with van der Waals surface area (Å²) in [6.45, 7) is 2.87. The Hall–Kier alpha value is -5.03. The van der Waals surface area contributed by atoms with E-state index in [0.29, 0.717) is 5.71 Å². The lowest BCUT2D eigenvalue weighted by molar-refractivity contribution is -0.393. The van der Waals surface area contributed by atoms with Gasteiger partial charge in [0.2, 0.25) is 0 Å². The number of nitrogens with zero attached hydrogens (tertiary/aromatic N) is 4. The zero-order chi connectivity index (χ0) is 30.5. The predicted molar refractivity (Wildman–Crippen MR) is 136 cm³/mol. The van der Waals surface area contributed by atoms with E-state index in [2.05, 4.69) is 15.5 Å². The topological polar surface area (TPSA) is 199 Å². The van der Waals surface area contributed by atoms with Crippen LogP contribution in [0.25, 0.3) is 0 Å². The van der Waals surface area contributed by atoms with E-state index in [4.69, 9.17) is 9.47 Å². The Morgan fingerprint density at radius 1 is 1.00 bits per heavy atom. The van der Waals surface area contributed by atoms with Crippen LogP contribution in [0, 0.1) is 20.2 Å². The summed E-state index contributed by atoms with van der Waals surface area (Å²) >= 11 is 0. The minimum Gasteiger partial charge on any atom is -0.462 e. The van der Waals surface area contributed by atoms with Crippen LogP contribution < -0.4 is 15.9 Å². The van der Waals surface area contributed by atoms with E-state index >= 15 is 0 Å². The molecule has 41 heavy (non-hydrogen) atoms. The summed E-state index contributed by atoms with van der Waals surface area (Å²) in [7, 11) is 0. The van der Waals surface area contributed by atoms with Gasteiger partial charge in [-0.2, -0.15) is 18.3 Å². The molecule has 0 spiro atoms. The van der Waals surface area contributed by atoms with E-state index in [1.807, 2.05) is 0 Å². The van der Waals surface area contributed by atoms with Gasteiger partial charge in [-0.3, -0.25) is 30.4 Å². The number of hydrazone groups is 1. The lowest BCUT2D eigenvalue weighted by atomic mass is 10.0. The second-order valence-electron chi connectivity index (χ2n) is 8.39. The number of ether oxygens (including phenoxy) is 2. The van der Waals surface area contributed by atoms with Crippen LogP contribution >= 0.6 is 0 Å². The van der Waals surface area contributed by atoms with Crippen molar-refractivity contribution in [2.24, 2.45) is 5.10 Å². The van der Waals surface area contributed by atoms with E-state index in [1.165, 1.54) is 11.8 Å². The molecule has 1 aliphatic heterocycles. The molecule has 1 aromatic carbocycles. The highest BCUT2D eigenvalue weighted by Gasteiger charge is 2.39. The fourth-order valence-corrected chi connectivity index (χ4v) is 3.95. The van der Waals surface area contributed by atoms with Crippen LogP contribution in [0.3, 0.4) is 0 Å². The number of anilines is 2. The molecule has 2 N–H and O–H groups in total. The number of halogens is 3. The number of carbonyl (C=O) groups excluding carboxylic acids is 2. The number of alkyl halides is 3. The quantitative estimate of drug-likeness (QED) is 0.248. The Labute approximate surface area is 228 Å². The van der Waals surface area contributed by atoms with Gasteiger partial charge in [-0.1, -0.05) is 0 Å². The number of rotatable bonds is 9. The molecule has 0 unspecified atom stereocenters. The Bertz CT molecular complexity index is 1430. The maximum atomic E-state index is 13.2. The first-order valence-electron chi connectivity index (χ1n) is 12.0. The predicted octanol–water partition coefficient (Wildman–Crippen LogP) is 3.63. The number of esters is 2. The molecule has 1 fully saturated rings. The molecule has 0 bridgehead atoms. The van der Waals surface area contributed by atoms with Crippen molar-refractivity contribution in [2.75, 3.05) is 36.6 Å². The highest BCUT2D eigenvalue weighted by atomic mass is 19.4. The first kappa shape index (κ1) is 30.5. The van der Waals surface area contributed by atoms with Gasteiger partial charge in [0.05, 0.1) is 28.6 Å². The molecule has 2 heterocycles. The Morgan fingerprint density at radius 2 is 1.51 bits per heavy atom. The van der Waals surface area contributed by atoms with Gasteiger partial charge in [-0.05, 0) is 19.9 Å². The summed E-state index contributed by atoms with van der Waals surface area (Å²) in [5.41, 5.74) is -2.85. The number of aromatic amines is 1. The number of piperidine rings is 1. The van der Waals surface area contributed by atoms with Crippen LogP contribution in [0.5, 0.6) is 0 Å². The molecule has 2 aromatic rings. The van der Waals surface area contributed by atoms with Gasteiger partial charge in [0.25, 0.3) is 16.9 Å². The number of hydrogen-bond donors (Lipinski definition) is 2. The molecular weight excluding hydrogens is 561 g/mol. The Kier molecular flexibility index (Phi) is 9.25. The molecule has 1 aliphatic rings. The number of nitro benzene ring substituents is 2. The van der Waals surface area contributed by atoms with Crippen LogP contribution in [-0.4, -0.2) is 58.8 Å². The second-order valence-corrected chi connectivity index (χ2v) is 8.39. The second kappa shape index (κ2) is 12.4. The van der Waals surface area contributed by atoms with Gasteiger partial charge >= 0.3 is 18.1 Å². The molecule has 1 aromatic heterocycles. The summed E-state index contributed by atoms with van der Waals surface area (Å²) in [6, 6.07) is 1.49. The number of pyridine rings is 1. The summed E-state index contributed by atoms with van der Waals surface area (Å²) in [6.07, 6.45) is -4.93. The van der Waals surface area contributed by atoms with E-state index in [-0.39, 0.29) is 62.7 Å². The number of carbonyl (C=O) groups is 2. The molecule has 0 atom stereocenters. The average molecular weight is 584 g/mol. The molecule has 0 amide bonds. The summed E-state index contributed by atoms with van der Waals surface area (Å²) < 4.78 is 49.4. The van der Waals surface area contributed by atoms with Gasteiger partial charge in [-0.15, -0.1) is 0 Å². The van der Waals surface area contributed by atoms with Crippen molar-refractivity contribution >= 4 is 40.5 Å². The maximum absolute atomic E-state index is 13.2. The van der Waals surface area contributed by atoms with E-state index in [1.54, 1.807) is 6.92 Å². The summed E-state index contributed by atoms with van der Waals surface area (Å²) in [5, 5.41) is 27.3. The van der Waals surface area contributed by atoms with Crippen molar-refractivity contribution in [1.82, 2.24) is 4.98 Å². The van der Waals surface area contributed by atoms with Crippen LogP contribution in [0.2, 0.25) is 0 Å². The minimum atomic E-state index is -5.04. The van der Waals surface area contributed by atoms with Gasteiger partial charge in [-0.25, -0.2) is 9.59 Å². The lowest BCUT2D eigenvalue weighted by Gasteiger charge is -2.29. The molecular formula is C23H23F3N6O9. The first-order chi connectivity index (χ1) is 19.3. The van der Waals surface area contributed by atoms with Crippen LogP contribution in [0.1, 0.15) is 53.0 Å². The Balaban J connectivity index is 1.89. The number of hydrogen-bond acceptors (Lipinski definition) is 12. The molecule has 0 radical (unpaired) electrons. The monoisotopic (exact) mass is 584 g/mol. The maximum Gasteiger partial charge on any atom is 0.416 e. The molecule has 0 aliphatic carbocycles. The van der Waals surface area contributed by atoms with Gasteiger partial charge < -0.3 is 19.4 Å². The average Bonchev–Trinajstić information content (AvgIpc) is 2.91. The largest absolute Gasteiger partial charge is 0.462 e. The van der Waals surface area contributed by atoms with Gasteiger partial charge in [0.1, 0.15) is 16.9 Å². The number of nitro groups is 2. The third kappa shape index (κ3) is 6.95. The van der Waals surface area contributed by atoms with Crippen molar-refractivity contribution in [3.8, 4) is 0 Å². The zero-order valence-electron chi connectivity index (χ0n) is 21.6. The molecule has 220 valence electrons. The van der Waals surface area contributed by atoms with Crippen LogP contribution in [0.15, 0.2) is 28.1 Å². The molecule has 18 heteroatoms. The normalized spacial score (nSPS) is 13.4. The smallest absolute Gasteiger partial charge is 0.416 e. The van der Waals surface area contributed by atoms with Crippen LogP contribution in [0.4, 0.5) is 36.1 Å². The third-order valence-corrected chi connectivity index (χ3v) is 5.80. The van der Waals surface area contributed by atoms with Gasteiger partial charge in [0, 0.05) is 43.8 Å². The lowest BCUT2D eigenvalue weighted by Crippen LogP contribution is -2.35. The standard InChI is InChI=1S/C23H23F3N6O9/c1-3-40-21(34)14-11-15(22(35)41-4-2)20(33)27-19(14)29-28-13-5-7-30(8-6-13)18-16(31(36)37)9-12(23(24,25)26)10-17(18)32(38)39/h9-11H,3-8H2,1-2H3,(H2,27,29,33). The molecule has 15 nitrogen and oxygen atoms in total. The highest BCUT2D eigenvalue weighted by Crippen LogP contribution is 2.43. The zero-order valence-corrected chi connectivity index (χ0v) is 21.6. The fourth-order valence-electron chi connectivity index (χ4n) is 3.95. The molecule has 0 saturated carbocycles. The number of H-pyrrole nitrogens is 1. The van der Waals surface area contributed by atoms with Crippen molar-refractivity contribution in [1.29, 1.82) is 0 Å². The van der Waals surface area contributed by atoms with Gasteiger partial charge in [0.15, 0.2) is 5.69 Å². The van der Waals surface area contributed by atoms with Crippen molar-refractivity contribution in [2.45, 2.75) is 32.9 Å². The highest BCUT2D eigenvalue weighted by molar-refractivity contribution is 5.99. The SMILES string of the molecule is CCOC(=O)c1cc(C(=O)OCC)c(=O)[nH]c1NN=C1CCN(c2c([N+](=O)[O-])cc(C(F)(F)F)cc2[N+](=O)[O-])CC1. The number of nitrogens with one attached hydrogen (secondary N) is 2. The first-order valence-corrected chi connectivity index (χ1v) is 12.0. The van der Waals surface area contributed by atoms with E-state index in [9.17, 15) is 47.8 Å². The van der Waals surface area contributed by atoms with E-state index in [0.717, 1.165) is 6.07 Å². The minimum absolute atomic E-state index is 0.0152. The molecule has 3 rings (SSSR count). The Morgan fingerprint density at radius 3 is 1.98 bits per heavy atom. The molecule has 1 saturated heterocycles. The fraction of sp³-hybridized carbons (Fsp3) is 0.391. The van der Waals surface area contributed by atoms with Crippen molar-refractivity contribution in [3.63, 3.8) is 0 Å². The third-order valence-electron chi connectivity index (χ3n) is 5.80. The number of aromatic nitrogens is 1. The summed E-state index contributed by atoms with van der Waals surface area (Å²) in [5.74, 6) is -2.05. The summed E-state index contributed by atoms with van der Waals surface area (Å²) in [4.78, 5) is 61.4. The van der Waals surface area contributed by atoms with Crippen molar-refractivity contribution in [3.05, 3.63) is 65.5 Å².